The molecular weight excluding hydrogens is 352 g/mol. The SMILES string of the molecule is CC1CC(C)CN(C(C)(C)CNC(=O)NCC(O)c2ccc(F)cc2F)C1. The van der Waals surface area contributed by atoms with Gasteiger partial charge in [0.2, 0.25) is 0 Å². The Morgan fingerprint density at radius 3 is 2.48 bits per heavy atom. The second-order valence-electron chi connectivity index (χ2n) is 8.41. The first-order valence-electron chi connectivity index (χ1n) is 9.48. The Kier molecular flexibility index (Phi) is 7.17. The monoisotopic (exact) mass is 383 g/mol. The number of hydrogen-bond donors (Lipinski definition) is 3. The largest absolute Gasteiger partial charge is 0.386 e. The molecule has 2 rings (SSSR count). The maximum absolute atomic E-state index is 13.7. The number of rotatable bonds is 6. The summed E-state index contributed by atoms with van der Waals surface area (Å²) in [6.07, 6.45) is -0.0219. The number of likely N-dealkylation sites (tertiary alicyclic amines) is 1. The predicted molar refractivity (Wildman–Crippen MR) is 101 cm³/mol. The number of carbonyl (C=O) groups excluding carboxylic acids is 1. The fraction of sp³-hybridized carbons (Fsp3) is 0.650. The van der Waals surface area contributed by atoms with E-state index in [-0.39, 0.29) is 17.6 Å². The van der Waals surface area contributed by atoms with E-state index in [1.807, 2.05) is 0 Å². The van der Waals surface area contributed by atoms with Crippen LogP contribution in [0.1, 0.15) is 45.8 Å². The average molecular weight is 383 g/mol. The van der Waals surface area contributed by atoms with Gasteiger partial charge in [-0.1, -0.05) is 19.9 Å². The van der Waals surface area contributed by atoms with Gasteiger partial charge in [-0.15, -0.1) is 0 Å². The fourth-order valence-corrected chi connectivity index (χ4v) is 3.70. The van der Waals surface area contributed by atoms with Gasteiger partial charge in [0.05, 0.1) is 6.10 Å². The van der Waals surface area contributed by atoms with Gasteiger partial charge in [0.15, 0.2) is 0 Å². The van der Waals surface area contributed by atoms with Crippen molar-refractivity contribution in [2.75, 3.05) is 26.2 Å². The molecule has 27 heavy (non-hydrogen) atoms. The molecule has 0 aliphatic carbocycles. The Balaban J connectivity index is 1.81. The van der Waals surface area contributed by atoms with Crippen molar-refractivity contribution in [3.63, 3.8) is 0 Å². The van der Waals surface area contributed by atoms with E-state index in [0.29, 0.717) is 24.4 Å². The molecule has 1 aliphatic heterocycles. The van der Waals surface area contributed by atoms with Crippen LogP contribution in [0, 0.1) is 23.5 Å². The Morgan fingerprint density at radius 2 is 1.89 bits per heavy atom. The first kappa shape index (κ1) is 21.6. The van der Waals surface area contributed by atoms with Crippen LogP contribution in [0.4, 0.5) is 13.6 Å². The van der Waals surface area contributed by atoms with E-state index >= 15 is 0 Å². The topological polar surface area (TPSA) is 64.6 Å². The molecule has 0 spiro atoms. The molecule has 1 aromatic rings. The van der Waals surface area contributed by atoms with E-state index < -0.39 is 23.8 Å². The molecule has 3 N–H and O–H groups in total. The summed E-state index contributed by atoms with van der Waals surface area (Å²) in [5, 5.41) is 15.4. The Labute approximate surface area is 160 Å². The Bertz CT molecular complexity index is 644. The lowest BCUT2D eigenvalue weighted by molar-refractivity contribution is 0.0472. The van der Waals surface area contributed by atoms with Crippen molar-refractivity contribution in [1.82, 2.24) is 15.5 Å². The van der Waals surface area contributed by atoms with Gasteiger partial charge in [-0.3, -0.25) is 4.90 Å². The molecule has 0 radical (unpaired) electrons. The molecule has 5 nitrogen and oxygen atoms in total. The van der Waals surface area contributed by atoms with E-state index in [1.54, 1.807) is 0 Å². The van der Waals surface area contributed by atoms with E-state index in [9.17, 15) is 18.7 Å². The molecule has 0 bridgehead atoms. The van der Waals surface area contributed by atoms with Crippen molar-refractivity contribution in [2.45, 2.75) is 45.8 Å². The molecule has 3 unspecified atom stereocenters. The number of carbonyl (C=O) groups is 1. The molecule has 152 valence electrons. The smallest absolute Gasteiger partial charge is 0.314 e. The number of aliphatic hydroxyl groups is 1. The minimum absolute atomic E-state index is 0.0479. The molecule has 1 aromatic carbocycles. The number of hydrogen-bond acceptors (Lipinski definition) is 3. The number of amides is 2. The van der Waals surface area contributed by atoms with Crippen molar-refractivity contribution in [1.29, 1.82) is 0 Å². The van der Waals surface area contributed by atoms with E-state index in [4.69, 9.17) is 0 Å². The molecule has 7 heteroatoms. The fourth-order valence-electron chi connectivity index (χ4n) is 3.70. The van der Waals surface area contributed by atoms with Crippen molar-refractivity contribution >= 4 is 6.03 Å². The van der Waals surface area contributed by atoms with Gasteiger partial charge in [-0.25, -0.2) is 13.6 Å². The van der Waals surface area contributed by atoms with Crippen molar-refractivity contribution < 1.29 is 18.7 Å². The van der Waals surface area contributed by atoms with Crippen LogP contribution in [-0.4, -0.2) is 47.8 Å². The number of piperidine rings is 1. The first-order chi connectivity index (χ1) is 12.6. The summed E-state index contributed by atoms with van der Waals surface area (Å²) < 4.78 is 26.6. The summed E-state index contributed by atoms with van der Waals surface area (Å²) in [5.74, 6) is -0.290. The zero-order valence-electron chi connectivity index (χ0n) is 16.6. The van der Waals surface area contributed by atoms with Crippen LogP contribution in [-0.2, 0) is 0 Å². The zero-order chi connectivity index (χ0) is 20.2. The minimum atomic E-state index is -1.24. The van der Waals surface area contributed by atoms with Crippen molar-refractivity contribution in [3.05, 3.63) is 35.4 Å². The third-order valence-corrected chi connectivity index (χ3v) is 5.18. The third-order valence-electron chi connectivity index (χ3n) is 5.18. The van der Waals surface area contributed by atoms with Crippen LogP contribution in [0.3, 0.4) is 0 Å². The summed E-state index contributed by atoms with van der Waals surface area (Å²) in [5.41, 5.74) is -0.240. The summed E-state index contributed by atoms with van der Waals surface area (Å²) >= 11 is 0. The van der Waals surface area contributed by atoms with E-state index in [1.165, 1.54) is 12.5 Å². The molecule has 0 aromatic heterocycles. The van der Waals surface area contributed by atoms with Crippen LogP contribution in [0.2, 0.25) is 0 Å². The van der Waals surface area contributed by atoms with Gasteiger partial charge in [-0.05, 0) is 38.2 Å². The number of aliphatic hydroxyl groups excluding tert-OH is 1. The lowest BCUT2D eigenvalue weighted by Crippen LogP contribution is -2.57. The van der Waals surface area contributed by atoms with Gasteiger partial charge in [0.1, 0.15) is 11.6 Å². The van der Waals surface area contributed by atoms with Crippen LogP contribution in [0.5, 0.6) is 0 Å². The molecule has 1 saturated heterocycles. The number of benzene rings is 1. The zero-order valence-corrected chi connectivity index (χ0v) is 16.6. The van der Waals surface area contributed by atoms with Gasteiger partial charge in [-0.2, -0.15) is 0 Å². The molecule has 3 atom stereocenters. The lowest BCUT2D eigenvalue weighted by atomic mass is 9.88. The highest BCUT2D eigenvalue weighted by molar-refractivity contribution is 5.73. The molecule has 1 aliphatic rings. The Morgan fingerprint density at radius 1 is 1.26 bits per heavy atom. The number of nitrogens with zero attached hydrogens (tertiary/aromatic N) is 1. The van der Waals surface area contributed by atoms with Crippen molar-refractivity contribution in [3.8, 4) is 0 Å². The quantitative estimate of drug-likeness (QED) is 0.707. The maximum atomic E-state index is 13.7. The highest BCUT2D eigenvalue weighted by Crippen LogP contribution is 2.26. The maximum Gasteiger partial charge on any atom is 0.314 e. The first-order valence-corrected chi connectivity index (χ1v) is 9.48. The normalized spacial score (nSPS) is 22.3. The summed E-state index contributed by atoms with van der Waals surface area (Å²) in [6.45, 7) is 11.0. The van der Waals surface area contributed by atoms with Gasteiger partial charge >= 0.3 is 6.03 Å². The molecular formula is C20H31F2N3O2. The second-order valence-corrected chi connectivity index (χ2v) is 8.41. The minimum Gasteiger partial charge on any atom is -0.386 e. The molecule has 1 fully saturated rings. The molecule has 2 amide bonds. The number of urea groups is 1. The van der Waals surface area contributed by atoms with Crippen LogP contribution in [0.15, 0.2) is 18.2 Å². The van der Waals surface area contributed by atoms with Gasteiger partial charge in [0.25, 0.3) is 0 Å². The van der Waals surface area contributed by atoms with Gasteiger partial charge < -0.3 is 15.7 Å². The predicted octanol–water partition coefficient (Wildman–Crippen LogP) is 3.05. The number of nitrogens with one attached hydrogen (secondary N) is 2. The van der Waals surface area contributed by atoms with E-state index in [0.717, 1.165) is 19.2 Å². The molecule has 0 saturated carbocycles. The molecule has 1 heterocycles. The summed E-state index contributed by atoms with van der Waals surface area (Å²) in [4.78, 5) is 14.5. The third kappa shape index (κ3) is 6.14. The second kappa shape index (κ2) is 8.97. The van der Waals surface area contributed by atoms with Gasteiger partial charge in [0, 0.05) is 43.3 Å². The Hall–Kier alpha value is -1.73. The highest BCUT2D eigenvalue weighted by Gasteiger charge is 2.32. The van der Waals surface area contributed by atoms with E-state index in [2.05, 4.69) is 43.2 Å². The van der Waals surface area contributed by atoms with Crippen LogP contribution >= 0.6 is 0 Å². The standard InChI is InChI=1S/C20H31F2N3O2/c1-13-7-14(2)11-25(10-13)20(3,4)12-24-19(27)23-9-18(26)16-6-5-15(21)8-17(16)22/h5-6,8,13-14,18,26H,7,9-12H2,1-4H3,(H2,23,24,27). The summed E-state index contributed by atoms with van der Waals surface area (Å²) in [6, 6.07) is 2.53. The van der Waals surface area contributed by atoms with Crippen LogP contribution in [0.25, 0.3) is 0 Å². The lowest BCUT2D eigenvalue weighted by Gasteiger charge is -2.45. The van der Waals surface area contributed by atoms with Crippen molar-refractivity contribution in [2.24, 2.45) is 11.8 Å². The van der Waals surface area contributed by atoms with Crippen LogP contribution < -0.4 is 10.6 Å². The summed E-state index contributed by atoms with van der Waals surface area (Å²) in [7, 11) is 0. The number of halogens is 2. The highest BCUT2D eigenvalue weighted by atomic mass is 19.1. The average Bonchev–Trinajstić information content (AvgIpc) is 2.57.